The van der Waals surface area contributed by atoms with Gasteiger partial charge < -0.3 is 4.57 Å². The molecule has 4 heteroatoms. The zero-order valence-corrected chi connectivity index (χ0v) is 30.8. The second kappa shape index (κ2) is 12.4. The van der Waals surface area contributed by atoms with Crippen LogP contribution in [0.1, 0.15) is 0 Å². The van der Waals surface area contributed by atoms with Crippen LogP contribution < -0.4 is 0 Å². The molecule has 9 aromatic carbocycles. The predicted molar refractivity (Wildman–Crippen MR) is 235 cm³/mol. The van der Waals surface area contributed by atoms with Crippen molar-refractivity contribution in [2.45, 2.75) is 0 Å². The molecule has 0 bridgehead atoms. The number of hydrogen-bond acceptors (Lipinski definition) is 3. The van der Waals surface area contributed by atoms with Crippen LogP contribution in [0.15, 0.2) is 194 Å². The topological polar surface area (TPSA) is 43.6 Å². The van der Waals surface area contributed by atoms with Gasteiger partial charge in [-0.1, -0.05) is 170 Å². The Morgan fingerprint density at radius 1 is 0.298 bits per heavy atom. The molecule has 2 heterocycles. The maximum absolute atomic E-state index is 5.18. The van der Waals surface area contributed by atoms with E-state index in [1.807, 2.05) is 36.4 Å². The van der Waals surface area contributed by atoms with Crippen molar-refractivity contribution in [2.24, 2.45) is 0 Å². The van der Waals surface area contributed by atoms with Gasteiger partial charge in [0.05, 0.1) is 16.7 Å². The highest BCUT2D eigenvalue weighted by molar-refractivity contribution is 6.32. The first kappa shape index (κ1) is 31.6. The third kappa shape index (κ3) is 4.84. The molecule has 264 valence electrons. The van der Waals surface area contributed by atoms with E-state index in [9.17, 15) is 0 Å². The van der Waals surface area contributed by atoms with E-state index in [1.54, 1.807) is 0 Å². The van der Waals surface area contributed by atoms with Gasteiger partial charge >= 0.3 is 0 Å². The summed E-state index contributed by atoms with van der Waals surface area (Å²) in [6.07, 6.45) is 0. The predicted octanol–water partition coefficient (Wildman–Crippen LogP) is 13.6. The lowest BCUT2D eigenvalue weighted by Gasteiger charge is -2.18. The number of fused-ring (bicyclic) bond motifs is 4. The molecule has 0 radical (unpaired) electrons. The highest BCUT2D eigenvalue weighted by atomic mass is 15.0. The van der Waals surface area contributed by atoms with Crippen LogP contribution in [-0.4, -0.2) is 19.5 Å². The molecule has 1 aliphatic rings. The molecule has 0 N–H and O–H groups in total. The molecule has 57 heavy (non-hydrogen) atoms. The van der Waals surface area contributed by atoms with E-state index < -0.39 is 0 Å². The van der Waals surface area contributed by atoms with E-state index in [4.69, 9.17) is 15.0 Å². The maximum atomic E-state index is 5.18. The van der Waals surface area contributed by atoms with Gasteiger partial charge in [0, 0.05) is 38.2 Å². The van der Waals surface area contributed by atoms with Crippen LogP contribution in [-0.2, 0) is 0 Å². The van der Waals surface area contributed by atoms with Gasteiger partial charge in [-0.15, -0.1) is 0 Å². The third-order valence-electron chi connectivity index (χ3n) is 11.5. The fourth-order valence-electron chi connectivity index (χ4n) is 9.07. The average molecular weight is 725 g/mol. The smallest absolute Gasteiger partial charge is 0.164 e. The van der Waals surface area contributed by atoms with Crippen LogP contribution in [0.4, 0.5) is 0 Å². The molecule has 11 aromatic rings. The Balaban J connectivity index is 1.22. The molecule has 0 atom stereocenters. The highest BCUT2D eigenvalue weighted by Gasteiger charge is 2.27. The highest BCUT2D eigenvalue weighted by Crippen LogP contribution is 2.52. The minimum absolute atomic E-state index is 0.629. The first-order chi connectivity index (χ1) is 28.3. The summed E-state index contributed by atoms with van der Waals surface area (Å²) < 4.78 is 2.49. The number of rotatable bonds is 5. The first-order valence-corrected chi connectivity index (χ1v) is 19.4. The van der Waals surface area contributed by atoms with Gasteiger partial charge in [-0.25, -0.2) is 15.0 Å². The maximum Gasteiger partial charge on any atom is 0.164 e. The Morgan fingerprint density at radius 3 is 1.47 bits per heavy atom. The lowest BCUT2D eigenvalue weighted by atomic mass is 9.90. The summed E-state index contributed by atoms with van der Waals surface area (Å²) in [5.74, 6) is 1.91. The molecule has 2 aromatic heterocycles. The van der Waals surface area contributed by atoms with E-state index in [0.717, 1.165) is 44.2 Å². The molecule has 0 fully saturated rings. The Labute approximate surface area is 329 Å². The van der Waals surface area contributed by atoms with Crippen LogP contribution in [0.5, 0.6) is 0 Å². The second-order valence-corrected chi connectivity index (χ2v) is 14.7. The van der Waals surface area contributed by atoms with Crippen molar-refractivity contribution in [3.63, 3.8) is 0 Å². The van der Waals surface area contributed by atoms with Crippen molar-refractivity contribution in [3.8, 4) is 73.2 Å². The summed E-state index contributed by atoms with van der Waals surface area (Å²) in [7, 11) is 0. The summed E-state index contributed by atoms with van der Waals surface area (Å²) in [5, 5.41) is 7.34. The molecule has 0 spiro atoms. The Morgan fingerprint density at radius 2 is 0.807 bits per heavy atom. The van der Waals surface area contributed by atoms with Gasteiger partial charge in [0.25, 0.3) is 0 Å². The monoisotopic (exact) mass is 724 g/mol. The van der Waals surface area contributed by atoms with Crippen molar-refractivity contribution in [3.05, 3.63) is 194 Å². The van der Waals surface area contributed by atoms with Crippen molar-refractivity contribution in [1.29, 1.82) is 0 Å². The SMILES string of the molecule is c1ccc(-c2nc(-c3ccccc3)nc(-c3cc(-n4c5cccc6c5c5c7c(cccc7c(-c7ccccc7)cc54)-c4ccccc4-6)c4ccccc4c3)n2)cc1. The van der Waals surface area contributed by atoms with Crippen LogP contribution in [0, 0.1) is 0 Å². The van der Waals surface area contributed by atoms with E-state index in [2.05, 4.69) is 162 Å². The number of benzene rings is 9. The summed E-state index contributed by atoms with van der Waals surface area (Å²) >= 11 is 0. The van der Waals surface area contributed by atoms with Gasteiger partial charge in [-0.3, -0.25) is 0 Å². The molecular formula is C53H32N4. The zero-order chi connectivity index (χ0) is 37.5. The fraction of sp³-hybridized carbons (Fsp3) is 0. The molecule has 12 rings (SSSR count). The summed E-state index contributed by atoms with van der Waals surface area (Å²) in [6.45, 7) is 0. The second-order valence-electron chi connectivity index (χ2n) is 14.7. The van der Waals surface area contributed by atoms with Crippen molar-refractivity contribution in [2.75, 3.05) is 0 Å². The van der Waals surface area contributed by atoms with Gasteiger partial charge in [0.1, 0.15) is 0 Å². The van der Waals surface area contributed by atoms with Gasteiger partial charge in [0.2, 0.25) is 0 Å². The van der Waals surface area contributed by atoms with Crippen molar-refractivity contribution < 1.29 is 0 Å². The van der Waals surface area contributed by atoms with Gasteiger partial charge in [-0.05, 0) is 68.4 Å². The van der Waals surface area contributed by atoms with Gasteiger partial charge in [-0.2, -0.15) is 0 Å². The van der Waals surface area contributed by atoms with Crippen LogP contribution in [0.2, 0.25) is 0 Å². The van der Waals surface area contributed by atoms with E-state index in [0.29, 0.717) is 17.5 Å². The fourth-order valence-corrected chi connectivity index (χ4v) is 9.07. The molecular weight excluding hydrogens is 693 g/mol. The molecule has 0 saturated carbocycles. The molecule has 0 unspecified atom stereocenters. The lowest BCUT2D eigenvalue weighted by Crippen LogP contribution is -2.02. The number of aromatic nitrogens is 4. The summed E-state index contributed by atoms with van der Waals surface area (Å²) in [4.78, 5) is 15.4. The minimum Gasteiger partial charge on any atom is -0.309 e. The zero-order valence-electron chi connectivity index (χ0n) is 30.8. The summed E-state index contributed by atoms with van der Waals surface area (Å²) in [6, 6.07) is 69.3. The summed E-state index contributed by atoms with van der Waals surface area (Å²) in [5.41, 5.74) is 13.6. The Hall–Kier alpha value is -7.69. The third-order valence-corrected chi connectivity index (χ3v) is 11.5. The van der Waals surface area contributed by atoms with Crippen molar-refractivity contribution in [1.82, 2.24) is 19.5 Å². The number of hydrogen-bond donors (Lipinski definition) is 0. The van der Waals surface area contributed by atoms with E-state index in [-0.39, 0.29) is 0 Å². The molecule has 1 aliphatic carbocycles. The normalized spacial score (nSPS) is 11.9. The quantitative estimate of drug-likeness (QED) is 0.177. The van der Waals surface area contributed by atoms with E-state index >= 15 is 0 Å². The van der Waals surface area contributed by atoms with Gasteiger partial charge in [0.15, 0.2) is 17.5 Å². The molecule has 0 saturated heterocycles. The standard InChI is InChI=1S/C53H32N4/c1-4-16-33(17-5-1)44-32-47-50-48-41(26-14-27-43(44)48)39-24-12-13-25-40(39)42-28-15-29-45(49(42)50)57(47)46-31-37(30-36-22-10-11-23-38(36)46)53-55-51(34-18-6-2-7-19-34)54-52(56-53)35-20-8-3-9-21-35/h1-32H. The Bertz CT molecular complexity index is 3330. The van der Waals surface area contributed by atoms with Crippen LogP contribution in [0.3, 0.4) is 0 Å². The molecule has 0 amide bonds. The van der Waals surface area contributed by atoms with E-state index in [1.165, 1.54) is 54.9 Å². The lowest BCUT2D eigenvalue weighted by molar-refractivity contribution is 1.07. The average Bonchev–Trinajstić information content (AvgIpc) is 3.56. The first-order valence-electron chi connectivity index (χ1n) is 19.4. The van der Waals surface area contributed by atoms with Crippen molar-refractivity contribution >= 4 is 43.4 Å². The van der Waals surface area contributed by atoms with Crippen LogP contribution in [0.25, 0.3) is 117 Å². The Kier molecular flexibility index (Phi) is 6.89. The molecule has 0 aliphatic heterocycles. The largest absolute Gasteiger partial charge is 0.309 e. The molecule has 4 nitrogen and oxygen atoms in total. The van der Waals surface area contributed by atoms with Crippen LogP contribution >= 0.6 is 0 Å². The number of nitrogens with zero attached hydrogens (tertiary/aromatic N) is 4. The minimum atomic E-state index is 0.629.